The molecule has 0 saturated carbocycles. The third-order valence-electron chi connectivity index (χ3n) is 3.29. The van der Waals surface area contributed by atoms with Crippen molar-refractivity contribution in [1.29, 1.82) is 0 Å². The Hall–Kier alpha value is -2.29. The zero-order chi connectivity index (χ0) is 18.9. The van der Waals surface area contributed by atoms with E-state index in [9.17, 15) is 18.8 Å². The van der Waals surface area contributed by atoms with Gasteiger partial charge in [0.1, 0.15) is 17.5 Å². The highest BCUT2D eigenvalue weighted by Crippen LogP contribution is 2.36. The third-order valence-corrected chi connectivity index (χ3v) is 4.53. The number of carboxylic acids is 1. The molecule has 0 fully saturated rings. The molecule has 1 heterocycles. The van der Waals surface area contributed by atoms with E-state index in [2.05, 4.69) is 10.6 Å². The first-order valence-electron chi connectivity index (χ1n) is 7.52. The van der Waals surface area contributed by atoms with Crippen LogP contribution >= 0.6 is 11.8 Å². The lowest BCUT2D eigenvalue weighted by Gasteiger charge is -2.24. The SMILES string of the molecule is C[C@H]1Sc2cc(F)c(C(=O)O)cc2NC(=O)[C@H]1NC(=O)OC(C)(C)C. The smallest absolute Gasteiger partial charge is 0.408 e. The summed E-state index contributed by atoms with van der Waals surface area (Å²) in [6.45, 7) is 6.79. The van der Waals surface area contributed by atoms with Gasteiger partial charge in [0.15, 0.2) is 0 Å². The van der Waals surface area contributed by atoms with Crippen LogP contribution in [0, 0.1) is 5.82 Å². The van der Waals surface area contributed by atoms with Gasteiger partial charge < -0.3 is 20.5 Å². The minimum absolute atomic E-state index is 0.189. The van der Waals surface area contributed by atoms with Crippen LogP contribution < -0.4 is 10.6 Å². The molecule has 1 aromatic carbocycles. The average molecular weight is 370 g/mol. The fourth-order valence-corrected chi connectivity index (χ4v) is 3.36. The number of fused-ring (bicyclic) bond motifs is 1. The van der Waals surface area contributed by atoms with Crippen molar-refractivity contribution in [2.75, 3.05) is 5.32 Å². The van der Waals surface area contributed by atoms with E-state index in [1.807, 2.05) is 0 Å². The van der Waals surface area contributed by atoms with E-state index < -0.39 is 46.2 Å². The summed E-state index contributed by atoms with van der Waals surface area (Å²) in [6, 6.07) is 1.21. The minimum Gasteiger partial charge on any atom is -0.478 e. The summed E-state index contributed by atoms with van der Waals surface area (Å²) in [5.74, 6) is -2.86. The van der Waals surface area contributed by atoms with E-state index in [1.165, 1.54) is 0 Å². The first-order chi connectivity index (χ1) is 11.5. The average Bonchev–Trinajstić information content (AvgIpc) is 2.54. The van der Waals surface area contributed by atoms with Crippen molar-refractivity contribution in [3.8, 4) is 0 Å². The van der Waals surface area contributed by atoms with E-state index in [1.54, 1.807) is 27.7 Å². The Balaban J connectivity index is 2.25. The first-order valence-corrected chi connectivity index (χ1v) is 8.40. The fraction of sp³-hybridized carbons (Fsp3) is 0.438. The number of carboxylic acid groups (broad SMARTS) is 1. The predicted molar refractivity (Wildman–Crippen MR) is 90.5 cm³/mol. The van der Waals surface area contributed by atoms with Crippen LogP contribution in [0.25, 0.3) is 0 Å². The molecule has 0 spiro atoms. The lowest BCUT2D eigenvalue weighted by molar-refractivity contribution is -0.118. The van der Waals surface area contributed by atoms with Crippen LogP contribution in [-0.2, 0) is 9.53 Å². The zero-order valence-corrected chi connectivity index (χ0v) is 15.0. The molecule has 136 valence electrons. The van der Waals surface area contributed by atoms with Crippen LogP contribution in [0.3, 0.4) is 0 Å². The molecule has 0 saturated heterocycles. The van der Waals surface area contributed by atoms with Crippen molar-refractivity contribution in [3.05, 3.63) is 23.5 Å². The molecule has 3 N–H and O–H groups in total. The van der Waals surface area contributed by atoms with Gasteiger partial charge in [-0.25, -0.2) is 14.0 Å². The number of alkyl carbamates (subject to hydrolysis) is 1. The summed E-state index contributed by atoms with van der Waals surface area (Å²) in [4.78, 5) is 35.8. The van der Waals surface area contributed by atoms with E-state index in [0.29, 0.717) is 4.90 Å². The van der Waals surface area contributed by atoms with Crippen LogP contribution in [0.2, 0.25) is 0 Å². The largest absolute Gasteiger partial charge is 0.478 e. The molecule has 25 heavy (non-hydrogen) atoms. The number of rotatable bonds is 2. The third kappa shape index (κ3) is 4.62. The van der Waals surface area contributed by atoms with Gasteiger partial charge in [-0.3, -0.25) is 4.79 Å². The van der Waals surface area contributed by atoms with E-state index in [4.69, 9.17) is 9.84 Å². The lowest BCUT2D eigenvalue weighted by atomic mass is 10.1. The number of carbonyl (C=O) groups is 3. The number of nitrogens with one attached hydrogen (secondary N) is 2. The van der Waals surface area contributed by atoms with Crippen LogP contribution in [-0.4, -0.2) is 40.0 Å². The second-order valence-corrected chi connectivity index (χ2v) is 7.99. The van der Waals surface area contributed by atoms with Gasteiger partial charge in [-0.1, -0.05) is 6.92 Å². The van der Waals surface area contributed by atoms with Crippen molar-refractivity contribution in [1.82, 2.24) is 5.32 Å². The van der Waals surface area contributed by atoms with Gasteiger partial charge in [-0.05, 0) is 32.9 Å². The van der Waals surface area contributed by atoms with Gasteiger partial charge in [0.05, 0.1) is 11.3 Å². The summed E-state index contributed by atoms with van der Waals surface area (Å²) < 4.78 is 19.0. The van der Waals surface area contributed by atoms with Crippen molar-refractivity contribution in [3.63, 3.8) is 0 Å². The molecule has 1 aliphatic heterocycles. The number of hydrogen-bond acceptors (Lipinski definition) is 5. The molecule has 0 aromatic heterocycles. The minimum atomic E-state index is -1.43. The van der Waals surface area contributed by atoms with E-state index >= 15 is 0 Å². The molecule has 2 rings (SSSR count). The molecule has 0 bridgehead atoms. The van der Waals surface area contributed by atoms with Gasteiger partial charge in [0.2, 0.25) is 5.91 Å². The Morgan fingerprint density at radius 3 is 2.56 bits per heavy atom. The number of anilines is 1. The number of thioether (sulfide) groups is 1. The molecular formula is C16H19FN2O5S. The Kier molecular flexibility index (Phi) is 5.26. The molecule has 0 unspecified atom stereocenters. The van der Waals surface area contributed by atoms with Gasteiger partial charge in [0.25, 0.3) is 0 Å². The number of carbonyl (C=O) groups excluding carboxylic acids is 2. The van der Waals surface area contributed by atoms with E-state index in [-0.39, 0.29) is 5.69 Å². The standard InChI is InChI=1S/C16H19FN2O5S/c1-7-12(19-15(23)24-16(2,3)4)13(20)18-10-5-8(14(21)22)9(17)6-11(10)25-7/h5-7,12H,1-4H3,(H,18,20)(H,19,23)(H,21,22)/t7-,12+/m1/s1. The van der Waals surface area contributed by atoms with Crippen LogP contribution in [0.5, 0.6) is 0 Å². The quantitative estimate of drug-likeness (QED) is 0.739. The Morgan fingerprint density at radius 2 is 2.00 bits per heavy atom. The number of halogens is 1. The van der Waals surface area contributed by atoms with Gasteiger partial charge in [-0.15, -0.1) is 11.8 Å². The highest BCUT2D eigenvalue weighted by Gasteiger charge is 2.34. The van der Waals surface area contributed by atoms with Gasteiger partial charge in [-0.2, -0.15) is 0 Å². The molecule has 2 amide bonds. The topological polar surface area (TPSA) is 105 Å². The lowest BCUT2D eigenvalue weighted by Crippen LogP contribution is -2.49. The monoisotopic (exact) mass is 370 g/mol. The van der Waals surface area contributed by atoms with Gasteiger partial charge >= 0.3 is 12.1 Å². The number of hydrogen-bond donors (Lipinski definition) is 3. The van der Waals surface area contributed by atoms with Crippen molar-refractivity contribution >= 4 is 35.4 Å². The van der Waals surface area contributed by atoms with Crippen LogP contribution in [0.1, 0.15) is 38.1 Å². The second kappa shape index (κ2) is 6.91. The number of amides is 2. The van der Waals surface area contributed by atoms with Crippen LogP contribution in [0.4, 0.5) is 14.9 Å². The molecule has 1 aromatic rings. The number of ether oxygens (including phenoxy) is 1. The van der Waals surface area contributed by atoms with Gasteiger partial charge in [0, 0.05) is 10.1 Å². The number of benzene rings is 1. The maximum Gasteiger partial charge on any atom is 0.408 e. The normalized spacial score (nSPS) is 20.1. The van der Waals surface area contributed by atoms with E-state index in [0.717, 1.165) is 23.9 Å². The van der Waals surface area contributed by atoms with Crippen molar-refractivity contribution in [2.45, 2.75) is 49.5 Å². The van der Waals surface area contributed by atoms with Crippen molar-refractivity contribution in [2.24, 2.45) is 0 Å². The summed E-state index contributed by atoms with van der Waals surface area (Å²) in [7, 11) is 0. The molecule has 1 aliphatic rings. The highest BCUT2D eigenvalue weighted by atomic mass is 32.2. The molecule has 0 aliphatic carbocycles. The van der Waals surface area contributed by atoms with Crippen molar-refractivity contribution < 1.29 is 28.6 Å². The highest BCUT2D eigenvalue weighted by molar-refractivity contribution is 8.00. The Labute approximate surface area is 148 Å². The predicted octanol–water partition coefficient (Wildman–Crippen LogP) is 2.85. The molecule has 2 atom stereocenters. The number of aromatic carboxylic acids is 1. The summed E-state index contributed by atoms with van der Waals surface area (Å²) >= 11 is 1.15. The summed E-state index contributed by atoms with van der Waals surface area (Å²) in [6.07, 6.45) is -0.747. The molecule has 9 heteroatoms. The first kappa shape index (κ1) is 19.0. The maximum absolute atomic E-state index is 13.9. The Bertz CT molecular complexity index is 732. The maximum atomic E-state index is 13.9. The zero-order valence-electron chi connectivity index (χ0n) is 14.2. The fourth-order valence-electron chi connectivity index (χ4n) is 2.22. The molecule has 0 radical (unpaired) electrons. The summed E-state index contributed by atoms with van der Waals surface area (Å²) in [5.41, 5.74) is -1.07. The molecule has 7 nitrogen and oxygen atoms in total. The summed E-state index contributed by atoms with van der Waals surface area (Å²) in [5, 5.41) is 13.6. The van der Waals surface area contributed by atoms with Crippen LogP contribution in [0.15, 0.2) is 17.0 Å². The second-order valence-electron chi connectivity index (χ2n) is 6.57. The molecular weight excluding hydrogens is 351 g/mol. The Morgan fingerprint density at radius 1 is 1.36 bits per heavy atom.